The number of carbonyl (C=O) groups excluding carboxylic acids is 1. The molecule has 1 N–H and O–H groups in total. The van der Waals surface area contributed by atoms with E-state index in [1.807, 2.05) is 12.1 Å². The first-order chi connectivity index (χ1) is 18.5. The van der Waals surface area contributed by atoms with E-state index in [0.717, 1.165) is 29.5 Å². The summed E-state index contributed by atoms with van der Waals surface area (Å²) in [6.07, 6.45) is 8.26. The number of hydrogen-bond acceptors (Lipinski definition) is 7. The molecule has 1 aliphatic heterocycles. The van der Waals surface area contributed by atoms with E-state index in [9.17, 15) is 13.6 Å². The van der Waals surface area contributed by atoms with Crippen LogP contribution in [0.25, 0.3) is 22.3 Å². The van der Waals surface area contributed by atoms with Crippen LogP contribution in [0.15, 0.2) is 67.5 Å². The van der Waals surface area contributed by atoms with Crippen molar-refractivity contribution in [1.29, 1.82) is 0 Å². The standard InChI is InChI=1S/C22H16F2N8O.C4H8O/c1-13-8-15(10-26-21(13)32-27-6-7-28-32)30-22(33)17-11-29-31(19(17)20(23)24)18-12-25-9-14-4-2-3-5-16(14)18;1-2-4-5-3-1/h2-12,20H,1H3,(H,30,33);1-4H2. The number of amides is 1. The van der Waals surface area contributed by atoms with Gasteiger partial charge in [-0.25, -0.2) is 18.4 Å². The second kappa shape index (κ2) is 11.2. The van der Waals surface area contributed by atoms with Crippen molar-refractivity contribution in [2.24, 2.45) is 0 Å². The van der Waals surface area contributed by atoms with Crippen LogP contribution in [-0.4, -0.2) is 53.9 Å². The highest BCUT2D eigenvalue weighted by Crippen LogP contribution is 2.29. The number of fused-ring (bicyclic) bond motifs is 1. The number of nitrogens with zero attached hydrogens (tertiary/aromatic N) is 7. The van der Waals surface area contributed by atoms with Gasteiger partial charge in [-0.3, -0.25) is 9.78 Å². The zero-order chi connectivity index (χ0) is 26.5. The Hall–Kier alpha value is -4.58. The van der Waals surface area contributed by atoms with Gasteiger partial charge in [0.25, 0.3) is 12.3 Å². The summed E-state index contributed by atoms with van der Waals surface area (Å²) in [5, 5.41) is 16.2. The summed E-state index contributed by atoms with van der Waals surface area (Å²) < 4.78 is 34.2. The largest absolute Gasteiger partial charge is 0.381 e. The number of anilines is 1. The van der Waals surface area contributed by atoms with E-state index in [-0.39, 0.29) is 5.56 Å². The van der Waals surface area contributed by atoms with E-state index < -0.39 is 18.0 Å². The molecule has 1 aromatic carbocycles. The zero-order valence-electron chi connectivity index (χ0n) is 20.5. The lowest BCUT2D eigenvalue weighted by Crippen LogP contribution is -2.16. The molecule has 0 bridgehead atoms. The molecule has 0 atom stereocenters. The smallest absolute Gasteiger partial charge is 0.281 e. The van der Waals surface area contributed by atoms with Crippen molar-refractivity contribution >= 4 is 22.4 Å². The van der Waals surface area contributed by atoms with E-state index >= 15 is 0 Å². The summed E-state index contributed by atoms with van der Waals surface area (Å²) in [6.45, 7) is 3.78. The minimum absolute atomic E-state index is 0.242. The number of hydrogen-bond donors (Lipinski definition) is 1. The highest BCUT2D eigenvalue weighted by atomic mass is 19.3. The van der Waals surface area contributed by atoms with Crippen molar-refractivity contribution in [3.05, 3.63) is 84.3 Å². The molecule has 38 heavy (non-hydrogen) atoms. The number of alkyl halides is 2. The Balaban J connectivity index is 0.000000529. The minimum Gasteiger partial charge on any atom is -0.381 e. The van der Waals surface area contributed by atoms with Crippen molar-refractivity contribution < 1.29 is 18.3 Å². The first-order valence-corrected chi connectivity index (χ1v) is 11.9. The lowest BCUT2D eigenvalue weighted by molar-refractivity contribution is 0.100. The Morgan fingerprint density at radius 2 is 1.79 bits per heavy atom. The molecule has 5 aromatic rings. The van der Waals surface area contributed by atoms with E-state index in [1.165, 1.54) is 42.4 Å². The van der Waals surface area contributed by atoms with Gasteiger partial charge < -0.3 is 10.1 Å². The van der Waals surface area contributed by atoms with Crippen molar-refractivity contribution in [1.82, 2.24) is 34.7 Å². The van der Waals surface area contributed by atoms with Crippen LogP contribution in [0.5, 0.6) is 0 Å². The first kappa shape index (κ1) is 25.1. The molecule has 1 aliphatic rings. The summed E-state index contributed by atoms with van der Waals surface area (Å²) in [6, 6.07) is 8.89. The molecule has 4 aromatic heterocycles. The van der Waals surface area contributed by atoms with Crippen LogP contribution in [0.3, 0.4) is 0 Å². The third kappa shape index (κ3) is 5.25. The average molecular weight is 519 g/mol. The van der Waals surface area contributed by atoms with Crippen LogP contribution >= 0.6 is 0 Å². The van der Waals surface area contributed by atoms with Gasteiger partial charge in [-0.2, -0.15) is 15.3 Å². The van der Waals surface area contributed by atoms with Crippen LogP contribution in [0.2, 0.25) is 0 Å². The van der Waals surface area contributed by atoms with Crippen molar-refractivity contribution in [2.75, 3.05) is 18.5 Å². The van der Waals surface area contributed by atoms with Gasteiger partial charge in [0, 0.05) is 30.2 Å². The van der Waals surface area contributed by atoms with Crippen LogP contribution < -0.4 is 5.32 Å². The summed E-state index contributed by atoms with van der Waals surface area (Å²) in [5.74, 6) is -0.238. The monoisotopic (exact) mass is 518 g/mol. The Bertz CT molecular complexity index is 1540. The molecule has 1 saturated heterocycles. The second-order valence-electron chi connectivity index (χ2n) is 8.49. The number of pyridine rings is 2. The molecule has 0 radical (unpaired) electrons. The van der Waals surface area contributed by atoms with Gasteiger partial charge in [-0.05, 0) is 31.4 Å². The maximum Gasteiger partial charge on any atom is 0.281 e. The first-order valence-electron chi connectivity index (χ1n) is 11.9. The van der Waals surface area contributed by atoms with Gasteiger partial charge in [-0.15, -0.1) is 4.80 Å². The Morgan fingerprint density at radius 3 is 2.47 bits per heavy atom. The van der Waals surface area contributed by atoms with Crippen LogP contribution in [0.1, 0.15) is 40.9 Å². The van der Waals surface area contributed by atoms with Crippen LogP contribution in [0.4, 0.5) is 14.5 Å². The third-order valence-corrected chi connectivity index (χ3v) is 5.88. The molecule has 6 rings (SSSR count). The van der Waals surface area contributed by atoms with Gasteiger partial charge >= 0.3 is 0 Å². The molecule has 194 valence electrons. The highest BCUT2D eigenvalue weighted by molar-refractivity contribution is 6.05. The number of rotatable bonds is 5. The fourth-order valence-corrected chi connectivity index (χ4v) is 4.08. The molecule has 0 unspecified atom stereocenters. The van der Waals surface area contributed by atoms with Crippen LogP contribution in [-0.2, 0) is 4.74 Å². The molecule has 0 saturated carbocycles. The van der Waals surface area contributed by atoms with Gasteiger partial charge in [0.1, 0.15) is 5.69 Å². The molecule has 0 spiro atoms. The second-order valence-corrected chi connectivity index (χ2v) is 8.49. The Morgan fingerprint density at radius 1 is 1.03 bits per heavy atom. The highest BCUT2D eigenvalue weighted by Gasteiger charge is 2.26. The molecule has 1 amide bonds. The summed E-state index contributed by atoms with van der Waals surface area (Å²) in [5.41, 5.74) is 0.626. The van der Waals surface area contributed by atoms with Crippen molar-refractivity contribution in [3.63, 3.8) is 0 Å². The van der Waals surface area contributed by atoms with E-state index in [1.54, 1.807) is 31.3 Å². The topological polar surface area (TPSA) is 113 Å². The Kier molecular flexibility index (Phi) is 7.40. The van der Waals surface area contributed by atoms with E-state index in [4.69, 9.17) is 4.74 Å². The van der Waals surface area contributed by atoms with E-state index in [2.05, 4.69) is 30.6 Å². The number of benzene rings is 1. The molecule has 0 aliphatic carbocycles. The SMILES string of the molecule is C1CCOC1.Cc1cc(NC(=O)c2cnn(-c3cncc4ccccc34)c2C(F)F)cnc1-n1nccn1. The number of ether oxygens (including phenoxy) is 1. The lowest BCUT2D eigenvalue weighted by atomic mass is 10.1. The fraction of sp³-hybridized carbons (Fsp3) is 0.231. The summed E-state index contributed by atoms with van der Waals surface area (Å²) in [4.78, 5) is 22.6. The number of carbonyl (C=O) groups is 1. The molecule has 5 heterocycles. The molecule has 10 nitrogen and oxygen atoms in total. The average Bonchev–Trinajstić information content (AvgIpc) is 3.72. The quantitative estimate of drug-likeness (QED) is 0.359. The van der Waals surface area contributed by atoms with Crippen molar-refractivity contribution in [2.45, 2.75) is 26.2 Å². The predicted octanol–water partition coefficient (Wildman–Crippen LogP) is 4.69. The maximum atomic E-state index is 14.1. The Labute approximate surface area is 216 Å². The number of aryl methyl sites for hydroxylation is 1. The summed E-state index contributed by atoms with van der Waals surface area (Å²) in [7, 11) is 0. The molecular weight excluding hydrogens is 494 g/mol. The maximum absolute atomic E-state index is 14.1. The molecule has 1 fully saturated rings. The van der Waals surface area contributed by atoms with Gasteiger partial charge in [0.05, 0.1) is 47.9 Å². The lowest BCUT2D eigenvalue weighted by Gasteiger charge is -2.12. The predicted molar refractivity (Wildman–Crippen MR) is 136 cm³/mol. The van der Waals surface area contributed by atoms with Gasteiger partial charge in [0.2, 0.25) is 0 Å². The van der Waals surface area contributed by atoms with Gasteiger partial charge in [0.15, 0.2) is 5.82 Å². The molecule has 12 heteroatoms. The number of nitrogens with one attached hydrogen (secondary N) is 1. The minimum atomic E-state index is -2.94. The summed E-state index contributed by atoms with van der Waals surface area (Å²) >= 11 is 0. The normalized spacial score (nSPS) is 12.9. The molecular formula is C26H24F2N8O2. The number of halogens is 2. The van der Waals surface area contributed by atoms with Crippen molar-refractivity contribution in [3.8, 4) is 11.5 Å². The fourth-order valence-electron chi connectivity index (χ4n) is 4.08. The zero-order valence-corrected chi connectivity index (χ0v) is 20.5. The van der Waals surface area contributed by atoms with E-state index in [0.29, 0.717) is 28.1 Å². The van der Waals surface area contributed by atoms with Gasteiger partial charge in [-0.1, -0.05) is 24.3 Å². The third-order valence-electron chi connectivity index (χ3n) is 5.88. The van der Waals surface area contributed by atoms with Crippen LogP contribution in [0, 0.1) is 6.92 Å². The number of aromatic nitrogens is 7.